The van der Waals surface area contributed by atoms with Gasteiger partial charge in [0.2, 0.25) is 0 Å². The van der Waals surface area contributed by atoms with Crippen molar-refractivity contribution in [1.29, 1.82) is 0 Å². The fraction of sp³-hybridized carbons (Fsp3) is 0.0769. The van der Waals surface area contributed by atoms with Crippen LogP contribution in [-0.2, 0) is 0 Å². The summed E-state index contributed by atoms with van der Waals surface area (Å²) in [6.45, 7) is 0. The van der Waals surface area contributed by atoms with Gasteiger partial charge in [0.05, 0.1) is 12.7 Å². The molecule has 0 saturated carbocycles. The lowest BCUT2D eigenvalue weighted by atomic mass is 10.2. The molecule has 0 spiro atoms. The van der Waals surface area contributed by atoms with Crippen molar-refractivity contribution < 1.29 is 9.53 Å². The van der Waals surface area contributed by atoms with E-state index >= 15 is 0 Å². The van der Waals surface area contributed by atoms with E-state index < -0.39 is 0 Å². The van der Waals surface area contributed by atoms with Gasteiger partial charge in [0.1, 0.15) is 10.4 Å². The second-order valence-electron chi connectivity index (χ2n) is 3.53. The molecule has 92 valence electrons. The molecule has 0 aliphatic heterocycles. The third-order valence-corrected chi connectivity index (χ3v) is 2.96. The van der Waals surface area contributed by atoms with Crippen molar-refractivity contribution in [2.75, 3.05) is 12.4 Å². The first kappa shape index (κ1) is 12.6. The number of carbonyl (C=O) groups excluding carboxylic acids is 1. The molecule has 1 N–H and O–H groups in total. The van der Waals surface area contributed by atoms with Crippen molar-refractivity contribution in [3.63, 3.8) is 0 Å². The van der Waals surface area contributed by atoms with Crippen LogP contribution < -0.4 is 10.1 Å². The molecule has 4 nitrogen and oxygen atoms in total. The second kappa shape index (κ2) is 5.64. The fourth-order valence-electron chi connectivity index (χ4n) is 1.45. The molecule has 1 heterocycles. The summed E-state index contributed by atoms with van der Waals surface area (Å²) in [6, 6.07) is 10.6. The fourth-order valence-corrected chi connectivity index (χ4v) is 1.89. The summed E-state index contributed by atoms with van der Waals surface area (Å²) in [7, 11) is 1.58. The molecule has 0 unspecified atom stereocenters. The summed E-state index contributed by atoms with van der Waals surface area (Å²) >= 11 is 3.24. The van der Waals surface area contributed by atoms with E-state index in [1.165, 1.54) is 0 Å². The first-order valence-corrected chi connectivity index (χ1v) is 6.06. The van der Waals surface area contributed by atoms with E-state index in [2.05, 4.69) is 26.2 Å². The van der Waals surface area contributed by atoms with Crippen molar-refractivity contribution in [1.82, 2.24) is 4.98 Å². The number of hydrogen-bond donors (Lipinski definition) is 1. The van der Waals surface area contributed by atoms with Crippen molar-refractivity contribution in [2.45, 2.75) is 0 Å². The minimum atomic E-state index is -0.219. The van der Waals surface area contributed by atoms with Gasteiger partial charge in [-0.2, -0.15) is 0 Å². The molecule has 0 aliphatic rings. The molecule has 2 rings (SSSR count). The van der Waals surface area contributed by atoms with Gasteiger partial charge in [0, 0.05) is 18.0 Å². The van der Waals surface area contributed by atoms with Crippen LogP contribution in [-0.4, -0.2) is 18.0 Å². The first-order valence-electron chi connectivity index (χ1n) is 5.26. The van der Waals surface area contributed by atoms with Crippen molar-refractivity contribution in [2.24, 2.45) is 0 Å². The molecule has 2 aromatic rings. The maximum atomic E-state index is 12.0. The third-order valence-electron chi connectivity index (χ3n) is 2.33. The van der Waals surface area contributed by atoms with Crippen molar-refractivity contribution >= 4 is 27.5 Å². The molecule has 0 radical (unpaired) electrons. The summed E-state index contributed by atoms with van der Waals surface area (Å²) < 4.78 is 5.61. The summed E-state index contributed by atoms with van der Waals surface area (Å²) in [6.07, 6.45) is 1.62. The van der Waals surface area contributed by atoms with E-state index in [0.29, 0.717) is 21.6 Å². The number of halogens is 1. The number of rotatable bonds is 3. The summed E-state index contributed by atoms with van der Waals surface area (Å²) in [4.78, 5) is 16.0. The molecule has 0 aliphatic carbocycles. The molecular weight excluding hydrogens is 296 g/mol. The van der Waals surface area contributed by atoms with Gasteiger partial charge in [0.15, 0.2) is 0 Å². The molecule has 0 saturated heterocycles. The van der Waals surface area contributed by atoms with Gasteiger partial charge in [-0.25, -0.2) is 4.98 Å². The Balaban J connectivity index is 2.19. The van der Waals surface area contributed by atoms with Crippen LogP contribution in [0.4, 0.5) is 5.69 Å². The number of aromatic nitrogens is 1. The van der Waals surface area contributed by atoms with E-state index in [4.69, 9.17) is 4.74 Å². The highest BCUT2D eigenvalue weighted by Crippen LogP contribution is 2.19. The van der Waals surface area contributed by atoms with Crippen LogP contribution >= 0.6 is 15.9 Å². The SMILES string of the molecule is COc1cccc(NC(=O)c2cccnc2Br)c1. The van der Waals surface area contributed by atoms with Gasteiger partial charge >= 0.3 is 0 Å². The highest BCUT2D eigenvalue weighted by molar-refractivity contribution is 9.10. The molecular formula is C13H11BrN2O2. The molecule has 1 aromatic carbocycles. The Morgan fingerprint density at radius 1 is 1.33 bits per heavy atom. The predicted molar refractivity (Wildman–Crippen MR) is 72.9 cm³/mol. The van der Waals surface area contributed by atoms with Gasteiger partial charge in [-0.05, 0) is 40.2 Å². The van der Waals surface area contributed by atoms with Crippen LogP contribution in [0.25, 0.3) is 0 Å². The summed E-state index contributed by atoms with van der Waals surface area (Å²) in [5.74, 6) is 0.473. The number of hydrogen-bond acceptors (Lipinski definition) is 3. The maximum Gasteiger partial charge on any atom is 0.258 e. The zero-order valence-electron chi connectivity index (χ0n) is 9.68. The van der Waals surface area contributed by atoms with Gasteiger partial charge in [-0.1, -0.05) is 6.07 Å². The normalized spacial score (nSPS) is 9.89. The average molecular weight is 307 g/mol. The minimum absolute atomic E-state index is 0.219. The number of ether oxygens (including phenoxy) is 1. The number of anilines is 1. The van der Waals surface area contributed by atoms with Crippen LogP contribution in [0.15, 0.2) is 47.2 Å². The van der Waals surface area contributed by atoms with Crippen LogP contribution in [0.2, 0.25) is 0 Å². The third kappa shape index (κ3) is 2.87. The highest BCUT2D eigenvalue weighted by Gasteiger charge is 2.10. The van der Waals surface area contributed by atoms with E-state index in [9.17, 15) is 4.79 Å². The second-order valence-corrected chi connectivity index (χ2v) is 4.28. The van der Waals surface area contributed by atoms with E-state index in [1.807, 2.05) is 12.1 Å². The number of benzene rings is 1. The predicted octanol–water partition coefficient (Wildman–Crippen LogP) is 3.11. The van der Waals surface area contributed by atoms with Gasteiger partial charge in [0.25, 0.3) is 5.91 Å². The van der Waals surface area contributed by atoms with E-state index in [-0.39, 0.29) is 5.91 Å². The van der Waals surface area contributed by atoms with Crippen LogP contribution in [0, 0.1) is 0 Å². The lowest BCUT2D eigenvalue weighted by Crippen LogP contribution is -2.12. The largest absolute Gasteiger partial charge is 0.497 e. The molecule has 0 atom stereocenters. The minimum Gasteiger partial charge on any atom is -0.497 e. The van der Waals surface area contributed by atoms with Crippen LogP contribution in [0.3, 0.4) is 0 Å². The average Bonchev–Trinajstić information content (AvgIpc) is 2.39. The van der Waals surface area contributed by atoms with Crippen molar-refractivity contribution in [3.8, 4) is 5.75 Å². The number of amides is 1. The Kier molecular flexibility index (Phi) is 3.94. The zero-order valence-corrected chi connectivity index (χ0v) is 11.3. The Hall–Kier alpha value is -1.88. The lowest BCUT2D eigenvalue weighted by Gasteiger charge is -2.07. The van der Waals surface area contributed by atoms with Gasteiger partial charge in [-0.15, -0.1) is 0 Å². The Morgan fingerprint density at radius 3 is 2.89 bits per heavy atom. The number of nitrogens with one attached hydrogen (secondary N) is 1. The quantitative estimate of drug-likeness (QED) is 0.887. The molecule has 0 bridgehead atoms. The lowest BCUT2D eigenvalue weighted by molar-refractivity contribution is 0.102. The Morgan fingerprint density at radius 2 is 2.17 bits per heavy atom. The first-order chi connectivity index (χ1) is 8.70. The van der Waals surface area contributed by atoms with E-state index in [0.717, 1.165) is 0 Å². The van der Waals surface area contributed by atoms with Crippen LogP contribution in [0.1, 0.15) is 10.4 Å². The molecule has 1 amide bonds. The zero-order chi connectivity index (χ0) is 13.0. The van der Waals surface area contributed by atoms with E-state index in [1.54, 1.807) is 37.6 Å². The topological polar surface area (TPSA) is 51.2 Å². The molecule has 1 aromatic heterocycles. The monoisotopic (exact) mass is 306 g/mol. The Bertz CT molecular complexity index is 572. The van der Waals surface area contributed by atoms with Crippen molar-refractivity contribution in [3.05, 3.63) is 52.8 Å². The molecule has 5 heteroatoms. The molecule has 18 heavy (non-hydrogen) atoms. The van der Waals surface area contributed by atoms with Gasteiger partial charge in [-0.3, -0.25) is 4.79 Å². The standard InChI is InChI=1S/C13H11BrN2O2/c1-18-10-5-2-4-9(8-10)16-13(17)11-6-3-7-15-12(11)14/h2-8H,1H3,(H,16,17). The Labute approximate surface area is 113 Å². The number of nitrogens with zero attached hydrogens (tertiary/aromatic N) is 1. The summed E-state index contributed by atoms with van der Waals surface area (Å²) in [5, 5.41) is 2.78. The van der Waals surface area contributed by atoms with Crippen LogP contribution in [0.5, 0.6) is 5.75 Å². The smallest absolute Gasteiger partial charge is 0.258 e. The number of pyridine rings is 1. The maximum absolute atomic E-state index is 12.0. The van der Waals surface area contributed by atoms with Gasteiger partial charge < -0.3 is 10.1 Å². The number of carbonyl (C=O) groups is 1. The highest BCUT2D eigenvalue weighted by atomic mass is 79.9. The molecule has 0 fully saturated rings. The summed E-state index contributed by atoms with van der Waals surface area (Å²) in [5.41, 5.74) is 1.16. The number of methoxy groups -OCH3 is 1.